The predicted molar refractivity (Wildman–Crippen MR) is 104 cm³/mol. The minimum Gasteiger partial charge on any atom is -0.493 e. The summed E-state index contributed by atoms with van der Waals surface area (Å²) >= 11 is 0. The molecule has 0 aliphatic carbocycles. The van der Waals surface area contributed by atoms with Crippen LogP contribution in [0, 0.1) is 0 Å². The number of hydrogen-bond donors (Lipinski definition) is 2. The number of benzene rings is 1. The van der Waals surface area contributed by atoms with Crippen molar-refractivity contribution in [1.29, 1.82) is 0 Å². The molecule has 28 heavy (non-hydrogen) atoms. The van der Waals surface area contributed by atoms with Crippen LogP contribution in [0.3, 0.4) is 0 Å². The van der Waals surface area contributed by atoms with Crippen LogP contribution in [0.1, 0.15) is 23.1 Å². The lowest BCUT2D eigenvalue weighted by Gasteiger charge is -2.34. The fourth-order valence-corrected chi connectivity index (χ4v) is 3.44. The zero-order chi connectivity index (χ0) is 19.5. The van der Waals surface area contributed by atoms with Gasteiger partial charge in [-0.3, -0.25) is 4.98 Å². The molecule has 2 amide bonds. The van der Waals surface area contributed by atoms with Gasteiger partial charge in [0.25, 0.3) is 0 Å². The van der Waals surface area contributed by atoms with E-state index in [0.717, 1.165) is 17.1 Å². The monoisotopic (exact) mass is 379 g/mol. The predicted octanol–water partition coefficient (Wildman–Crippen LogP) is 3.00. The fourth-order valence-electron chi connectivity index (χ4n) is 3.44. The van der Waals surface area contributed by atoms with Gasteiger partial charge in [-0.1, -0.05) is 6.07 Å². The van der Waals surface area contributed by atoms with Gasteiger partial charge in [0.05, 0.1) is 31.9 Å². The Morgan fingerprint density at radius 1 is 1.18 bits per heavy atom. The van der Waals surface area contributed by atoms with Crippen molar-refractivity contribution in [3.8, 4) is 11.5 Å². The molecule has 2 N–H and O–H groups in total. The molecule has 8 heteroatoms. The Bertz CT molecular complexity index is 973. The lowest BCUT2D eigenvalue weighted by atomic mass is 10.00. The summed E-state index contributed by atoms with van der Waals surface area (Å²) in [4.78, 5) is 26.9. The molecular weight excluding hydrogens is 358 g/mol. The Morgan fingerprint density at radius 2 is 2.04 bits per heavy atom. The van der Waals surface area contributed by atoms with Crippen LogP contribution in [-0.2, 0) is 6.42 Å². The van der Waals surface area contributed by atoms with Crippen LogP contribution in [-0.4, -0.2) is 46.6 Å². The molecule has 0 bridgehead atoms. The summed E-state index contributed by atoms with van der Waals surface area (Å²) in [5.74, 6) is 1.15. The number of urea groups is 1. The first-order chi connectivity index (χ1) is 13.7. The maximum Gasteiger partial charge on any atom is 0.322 e. The number of methoxy groups -OCH3 is 2. The molecule has 0 unspecified atom stereocenters. The van der Waals surface area contributed by atoms with Crippen LogP contribution >= 0.6 is 0 Å². The second kappa shape index (κ2) is 7.59. The average Bonchev–Trinajstić information content (AvgIpc) is 3.22. The molecule has 3 aromatic rings. The third-order valence-corrected chi connectivity index (χ3v) is 4.79. The number of carbonyl (C=O) groups excluding carboxylic acids is 1. The number of nitrogens with one attached hydrogen (secondary N) is 2. The number of aromatic nitrogens is 3. The first-order valence-corrected chi connectivity index (χ1v) is 8.94. The summed E-state index contributed by atoms with van der Waals surface area (Å²) in [5.41, 5.74) is 3.26. The number of rotatable bonds is 4. The fraction of sp³-hybridized carbons (Fsp3) is 0.250. The topological polar surface area (TPSA) is 92.4 Å². The standard InChI is InChI=1S/C20H21N5O3/c1-27-16-7-6-13(11-17(16)28-2)24-20(26)25-10-8-14-18(23-12-22-14)19(25)15-5-3-4-9-21-15/h3-7,9,11-12,19H,8,10H2,1-2H3,(H,22,23)(H,24,26)/t19-/m1/s1. The Balaban J connectivity index is 1.63. The molecule has 0 saturated heterocycles. The molecule has 1 aromatic carbocycles. The van der Waals surface area contributed by atoms with Gasteiger partial charge in [0.2, 0.25) is 0 Å². The molecule has 1 aliphatic rings. The molecule has 3 heterocycles. The maximum atomic E-state index is 13.1. The third-order valence-electron chi connectivity index (χ3n) is 4.79. The minimum absolute atomic E-state index is 0.225. The van der Waals surface area contributed by atoms with E-state index < -0.39 is 0 Å². The SMILES string of the molecule is COc1ccc(NC(=O)N2CCc3[nH]cnc3[C@H]2c2ccccn2)cc1OC. The van der Waals surface area contributed by atoms with Crippen molar-refractivity contribution in [2.45, 2.75) is 12.5 Å². The molecule has 0 fully saturated rings. The molecule has 8 nitrogen and oxygen atoms in total. The lowest BCUT2D eigenvalue weighted by molar-refractivity contribution is 0.191. The van der Waals surface area contributed by atoms with E-state index in [4.69, 9.17) is 9.47 Å². The zero-order valence-corrected chi connectivity index (χ0v) is 15.7. The molecule has 1 atom stereocenters. The highest BCUT2D eigenvalue weighted by Crippen LogP contribution is 2.34. The summed E-state index contributed by atoms with van der Waals surface area (Å²) in [5, 5.41) is 2.95. The van der Waals surface area contributed by atoms with E-state index in [9.17, 15) is 4.79 Å². The van der Waals surface area contributed by atoms with Crippen molar-refractivity contribution in [1.82, 2.24) is 19.9 Å². The number of ether oxygens (including phenoxy) is 2. The second-order valence-electron chi connectivity index (χ2n) is 6.37. The van der Waals surface area contributed by atoms with Gasteiger partial charge in [-0.15, -0.1) is 0 Å². The summed E-state index contributed by atoms with van der Waals surface area (Å²) in [7, 11) is 3.13. The number of anilines is 1. The molecule has 0 saturated carbocycles. The molecule has 1 aliphatic heterocycles. The van der Waals surface area contributed by atoms with Gasteiger partial charge in [0.15, 0.2) is 11.5 Å². The number of carbonyl (C=O) groups is 1. The summed E-state index contributed by atoms with van der Waals surface area (Å²) in [6.07, 6.45) is 4.09. The highest BCUT2D eigenvalue weighted by molar-refractivity contribution is 5.90. The van der Waals surface area contributed by atoms with Crippen LogP contribution in [0.2, 0.25) is 0 Å². The second-order valence-corrected chi connectivity index (χ2v) is 6.37. The highest BCUT2D eigenvalue weighted by Gasteiger charge is 2.35. The van der Waals surface area contributed by atoms with E-state index in [1.807, 2.05) is 18.2 Å². The largest absolute Gasteiger partial charge is 0.493 e. The van der Waals surface area contributed by atoms with Crippen LogP contribution < -0.4 is 14.8 Å². The normalized spacial score (nSPS) is 15.6. The number of amides is 2. The van der Waals surface area contributed by atoms with Crippen molar-refractivity contribution < 1.29 is 14.3 Å². The van der Waals surface area contributed by atoms with E-state index in [0.29, 0.717) is 30.2 Å². The van der Waals surface area contributed by atoms with Crippen molar-refractivity contribution in [2.24, 2.45) is 0 Å². The Kier molecular flexibility index (Phi) is 4.84. The molecular formula is C20H21N5O3. The lowest BCUT2D eigenvalue weighted by Crippen LogP contribution is -2.43. The van der Waals surface area contributed by atoms with Crippen LogP contribution in [0.25, 0.3) is 0 Å². The zero-order valence-electron chi connectivity index (χ0n) is 15.7. The number of aromatic amines is 1. The first kappa shape index (κ1) is 17.8. The molecule has 0 spiro atoms. The Hall–Kier alpha value is -3.55. The van der Waals surface area contributed by atoms with Gasteiger partial charge >= 0.3 is 6.03 Å². The molecule has 144 valence electrons. The molecule has 4 rings (SSSR count). The summed E-state index contributed by atoms with van der Waals surface area (Å²) < 4.78 is 10.6. The van der Waals surface area contributed by atoms with Crippen LogP contribution in [0.15, 0.2) is 48.9 Å². The summed E-state index contributed by atoms with van der Waals surface area (Å²) in [6, 6.07) is 10.4. The number of imidazole rings is 1. The van der Waals surface area contributed by atoms with Gasteiger partial charge < -0.3 is 24.7 Å². The average molecular weight is 379 g/mol. The van der Waals surface area contributed by atoms with Crippen molar-refractivity contribution in [3.63, 3.8) is 0 Å². The number of hydrogen-bond acceptors (Lipinski definition) is 5. The van der Waals surface area contributed by atoms with Gasteiger partial charge in [-0.05, 0) is 24.3 Å². The van der Waals surface area contributed by atoms with E-state index in [2.05, 4.69) is 20.3 Å². The van der Waals surface area contributed by atoms with Gasteiger partial charge in [0.1, 0.15) is 6.04 Å². The third kappa shape index (κ3) is 3.24. The Morgan fingerprint density at radius 3 is 2.79 bits per heavy atom. The van der Waals surface area contributed by atoms with Gasteiger partial charge in [-0.25, -0.2) is 9.78 Å². The molecule has 2 aromatic heterocycles. The number of pyridine rings is 1. The highest BCUT2D eigenvalue weighted by atomic mass is 16.5. The quantitative estimate of drug-likeness (QED) is 0.727. The number of fused-ring (bicyclic) bond motifs is 1. The van der Waals surface area contributed by atoms with E-state index in [1.165, 1.54) is 0 Å². The molecule has 0 radical (unpaired) electrons. The number of nitrogens with zero attached hydrogens (tertiary/aromatic N) is 3. The van der Waals surface area contributed by atoms with Crippen molar-refractivity contribution >= 4 is 11.7 Å². The van der Waals surface area contributed by atoms with E-state index in [-0.39, 0.29) is 12.1 Å². The first-order valence-electron chi connectivity index (χ1n) is 8.94. The van der Waals surface area contributed by atoms with Crippen LogP contribution in [0.4, 0.5) is 10.5 Å². The number of H-pyrrole nitrogens is 1. The summed E-state index contributed by atoms with van der Waals surface area (Å²) in [6.45, 7) is 0.551. The van der Waals surface area contributed by atoms with Gasteiger partial charge in [-0.2, -0.15) is 0 Å². The van der Waals surface area contributed by atoms with Crippen LogP contribution in [0.5, 0.6) is 11.5 Å². The van der Waals surface area contributed by atoms with E-state index in [1.54, 1.807) is 49.8 Å². The van der Waals surface area contributed by atoms with Crippen molar-refractivity contribution in [2.75, 3.05) is 26.1 Å². The smallest absolute Gasteiger partial charge is 0.322 e. The van der Waals surface area contributed by atoms with Crippen molar-refractivity contribution in [3.05, 3.63) is 66.0 Å². The maximum absolute atomic E-state index is 13.1. The van der Waals surface area contributed by atoms with E-state index >= 15 is 0 Å². The van der Waals surface area contributed by atoms with Gasteiger partial charge in [0, 0.05) is 36.6 Å². The minimum atomic E-state index is -0.351. The Labute approximate surface area is 162 Å².